The van der Waals surface area contributed by atoms with Crippen LogP contribution in [0.4, 0.5) is 5.82 Å². The van der Waals surface area contributed by atoms with Gasteiger partial charge in [-0.2, -0.15) is 0 Å². The van der Waals surface area contributed by atoms with Gasteiger partial charge in [-0.3, -0.25) is 4.79 Å². The Hall–Kier alpha value is -0.940. The largest absolute Gasteiger partial charge is 0.316 e. The second-order valence-electron chi connectivity index (χ2n) is 3.87. The highest BCUT2D eigenvalue weighted by Gasteiger charge is 2.21. The summed E-state index contributed by atoms with van der Waals surface area (Å²) in [5.41, 5.74) is 0. The van der Waals surface area contributed by atoms with Gasteiger partial charge in [0.1, 0.15) is 5.82 Å². The van der Waals surface area contributed by atoms with Gasteiger partial charge in [-0.05, 0) is 47.4 Å². The summed E-state index contributed by atoms with van der Waals surface area (Å²) in [5.74, 6) is 0.701. The molecule has 1 aliphatic heterocycles. The number of anilines is 1. The minimum absolute atomic E-state index is 0.0478. The second-order valence-corrected chi connectivity index (χ2v) is 4.72. The number of nitrogens with one attached hydrogen (secondary N) is 2. The van der Waals surface area contributed by atoms with Crippen LogP contribution >= 0.6 is 15.9 Å². The average molecular weight is 284 g/mol. The maximum Gasteiger partial charge on any atom is 0.229 e. The highest BCUT2D eigenvalue weighted by Crippen LogP contribution is 2.20. The zero-order chi connectivity index (χ0) is 11.4. The van der Waals surface area contributed by atoms with Gasteiger partial charge in [0, 0.05) is 12.7 Å². The van der Waals surface area contributed by atoms with E-state index in [9.17, 15) is 4.79 Å². The van der Waals surface area contributed by atoms with Gasteiger partial charge in [-0.15, -0.1) is 0 Å². The third kappa shape index (κ3) is 2.80. The van der Waals surface area contributed by atoms with Crippen molar-refractivity contribution in [3.05, 3.63) is 22.8 Å². The molecule has 0 aromatic carbocycles. The number of hydrogen-bond donors (Lipinski definition) is 2. The van der Waals surface area contributed by atoms with Crippen LogP contribution in [0.25, 0.3) is 0 Å². The zero-order valence-electron chi connectivity index (χ0n) is 8.87. The van der Waals surface area contributed by atoms with E-state index in [0.717, 1.165) is 30.4 Å². The number of aromatic nitrogens is 1. The van der Waals surface area contributed by atoms with Gasteiger partial charge in [0.05, 0.1) is 10.4 Å². The quantitative estimate of drug-likeness (QED) is 0.870. The van der Waals surface area contributed by atoms with Crippen LogP contribution in [0.3, 0.4) is 0 Å². The zero-order valence-corrected chi connectivity index (χ0v) is 10.5. The summed E-state index contributed by atoms with van der Waals surface area (Å²) >= 11 is 3.36. The number of piperidine rings is 1. The Morgan fingerprint density at radius 1 is 1.62 bits per heavy atom. The molecule has 1 saturated heterocycles. The maximum atomic E-state index is 11.9. The number of halogens is 1. The lowest BCUT2D eigenvalue weighted by atomic mass is 9.99. The number of rotatable bonds is 2. The minimum atomic E-state index is 0.0478. The molecule has 0 spiro atoms. The molecule has 1 fully saturated rings. The number of carbonyl (C=O) groups is 1. The normalized spacial score (nSPS) is 20.4. The number of amides is 1. The molecule has 0 unspecified atom stereocenters. The van der Waals surface area contributed by atoms with Crippen molar-refractivity contribution in [1.82, 2.24) is 10.3 Å². The third-order valence-electron chi connectivity index (χ3n) is 2.67. The minimum Gasteiger partial charge on any atom is -0.316 e. The molecule has 1 atom stereocenters. The van der Waals surface area contributed by atoms with Gasteiger partial charge < -0.3 is 10.6 Å². The van der Waals surface area contributed by atoms with Crippen LogP contribution < -0.4 is 10.6 Å². The Bertz CT molecular complexity index is 377. The molecular weight excluding hydrogens is 270 g/mol. The van der Waals surface area contributed by atoms with Crippen molar-refractivity contribution < 1.29 is 4.79 Å². The van der Waals surface area contributed by atoms with E-state index in [1.54, 1.807) is 6.20 Å². The summed E-state index contributed by atoms with van der Waals surface area (Å²) in [6, 6.07) is 3.68. The highest BCUT2D eigenvalue weighted by atomic mass is 79.9. The van der Waals surface area contributed by atoms with E-state index in [0.29, 0.717) is 5.82 Å². The first-order valence-electron chi connectivity index (χ1n) is 5.39. The van der Waals surface area contributed by atoms with Crippen molar-refractivity contribution in [3.8, 4) is 0 Å². The number of pyridine rings is 1. The Kier molecular flexibility index (Phi) is 3.90. The van der Waals surface area contributed by atoms with Crippen molar-refractivity contribution in [2.75, 3.05) is 18.4 Å². The molecule has 86 valence electrons. The van der Waals surface area contributed by atoms with Crippen LogP contribution in [0.15, 0.2) is 22.8 Å². The molecular formula is C11H14BrN3O. The van der Waals surface area contributed by atoms with Gasteiger partial charge in [-0.25, -0.2) is 4.98 Å². The Balaban J connectivity index is 1.99. The van der Waals surface area contributed by atoms with E-state index in [4.69, 9.17) is 0 Å². The Morgan fingerprint density at radius 3 is 3.19 bits per heavy atom. The van der Waals surface area contributed by atoms with E-state index < -0.39 is 0 Å². The summed E-state index contributed by atoms with van der Waals surface area (Å²) in [6.07, 6.45) is 3.67. The van der Waals surface area contributed by atoms with E-state index >= 15 is 0 Å². The second kappa shape index (κ2) is 5.41. The first-order chi connectivity index (χ1) is 7.77. The van der Waals surface area contributed by atoms with Crippen molar-refractivity contribution in [1.29, 1.82) is 0 Å². The molecule has 0 radical (unpaired) electrons. The molecule has 1 amide bonds. The molecule has 1 aliphatic rings. The third-order valence-corrected chi connectivity index (χ3v) is 3.31. The lowest BCUT2D eigenvalue weighted by Gasteiger charge is -2.21. The van der Waals surface area contributed by atoms with E-state index in [-0.39, 0.29) is 11.8 Å². The molecule has 16 heavy (non-hydrogen) atoms. The van der Waals surface area contributed by atoms with Crippen molar-refractivity contribution >= 4 is 27.7 Å². The predicted molar refractivity (Wildman–Crippen MR) is 66.2 cm³/mol. The van der Waals surface area contributed by atoms with E-state index in [2.05, 4.69) is 31.5 Å². The molecule has 1 aromatic heterocycles. The van der Waals surface area contributed by atoms with Crippen LogP contribution in [0.2, 0.25) is 0 Å². The van der Waals surface area contributed by atoms with E-state index in [1.807, 2.05) is 12.1 Å². The fourth-order valence-corrected chi connectivity index (χ4v) is 2.13. The van der Waals surface area contributed by atoms with Crippen LogP contribution in [0.1, 0.15) is 12.8 Å². The molecule has 0 saturated carbocycles. The number of hydrogen-bond acceptors (Lipinski definition) is 3. The van der Waals surface area contributed by atoms with Crippen molar-refractivity contribution in [2.24, 2.45) is 5.92 Å². The average Bonchev–Trinajstić information content (AvgIpc) is 2.33. The SMILES string of the molecule is O=C(Nc1ncccc1Br)[C@@H]1CCCNC1. The van der Waals surface area contributed by atoms with Gasteiger partial charge in [-0.1, -0.05) is 0 Å². The van der Waals surface area contributed by atoms with Crippen LogP contribution in [0.5, 0.6) is 0 Å². The lowest BCUT2D eigenvalue weighted by Crippen LogP contribution is -2.37. The molecule has 4 nitrogen and oxygen atoms in total. The molecule has 2 rings (SSSR count). The van der Waals surface area contributed by atoms with Crippen LogP contribution in [0, 0.1) is 5.92 Å². The lowest BCUT2D eigenvalue weighted by molar-refractivity contribution is -0.120. The summed E-state index contributed by atoms with van der Waals surface area (Å²) in [7, 11) is 0. The van der Waals surface area contributed by atoms with Crippen LogP contribution in [-0.2, 0) is 4.79 Å². The van der Waals surface area contributed by atoms with Gasteiger partial charge in [0.25, 0.3) is 0 Å². The highest BCUT2D eigenvalue weighted by molar-refractivity contribution is 9.10. The molecule has 0 bridgehead atoms. The van der Waals surface area contributed by atoms with E-state index in [1.165, 1.54) is 0 Å². The Labute approximate surface area is 103 Å². The summed E-state index contributed by atoms with van der Waals surface area (Å²) in [5, 5.41) is 6.07. The van der Waals surface area contributed by atoms with Crippen molar-refractivity contribution in [3.63, 3.8) is 0 Å². The maximum absolute atomic E-state index is 11.9. The molecule has 0 aliphatic carbocycles. The van der Waals surface area contributed by atoms with Gasteiger partial charge in [0.2, 0.25) is 5.91 Å². The molecule has 5 heteroatoms. The molecule has 2 N–H and O–H groups in total. The topological polar surface area (TPSA) is 54.0 Å². The van der Waals surface area contributed by atoms with Gasteiger partial charge in [0.15, 0.2) is 0 Å². The summed E-state index contributed by atoms with van der Waals surface area (Å²) in [6.45, 7) is 1.77. The number of nitrogens with zero attached hydrogens (tertiary/aromatic N) is 1. The monoisotopic (exact) mass is 283 g/mol. The summed E-state index contributed by atoms with van der Waals surface area (Å²) in [4.78, 5) is 16.0. The van der Waals surface area contributed by atoms with Crippen LogP contribution in [-0.4, -0.2) is 24.0 Å². The standard InChI is InChI=1S/C11H14BrN3O/c12-9-4-2-6-14-10(9)15-11(16)8-3-1-5-13-7-8/h2,4,6,8,13H,1,3,5,7H2,(H,14,15,16)/t8-/m1/s1. The first-order valence-corrected chi connectivity index (χ1v) is 6.19. The molecule has 1 aromatic rings. The first kappa shape index (κ1) is 11.5. The summed E-state index contributed by atoms with van der Waals surface area (Å²) < 4.78 is 0.812. The predicted octanol–water partition coefficient (Wildman–Crippen LogP) is 1.78. The number of carbonyl (C=O) groups excluding carboxylic acids is 1. The fourth-order valence-electron chi connectivity index (χ4n) is 1.77. The van der Waals surface area contributed by atoms with Gasteiger partial charge >= 0.3 is 0 Å². The Morgan fingerprint density at radius 2 is 2.50 bits per heavy atom. The fraction of sp³-hybridized carbons (Fsp3) is 0.455. The smallest absolute Gasteiger partial charge is 0.229 e. The van der Waals surface area contributed by atoms with Crippen molar-refractivity contribution in [2.45, 2.75) is 12.8 Å². The molecule has 2 heterocycles.